The van der Waals surface area contributed by atoms with E-state index in [1.54, 1.807) is 19.3 Å². The summed E-state index contributed by atoms with van der Waals surface area (Å²) in [4.78, 5) is 36.7. The van der Waals surface area contributed by atoms with Gasteiger partial charge >= 0.3 is 5.97 Å². The van der Waals surface area contributed by atoms with Crippen molar-refractivity contribution in [2.24, 2.45) is 11.8 Å². The molecule has 2 atom stereocenters. The minimum atomic E-state index is -0.853. The summed E-state index contributed by atoms with van der Waals surface area (Å²) in [6, 6.07) is 8.47. The fourth-order valence-corrected chi connectivity index (χ4v) is 2.77. The Labute approximate surface area is 160 Å². The molecule has 7 heteroatoms. The molecule has 27 heavy (non-hydrogen) atoms. The lowest BCUT2D eigenvalue weighted by atomic mass is 9.92. The van der Waals surface area contributed by atoms with Crippen molar-refractivity contribution < 1.29 is 24.3 Å². The van der Waals surface area contributed by atoms with Gasteiger partial charge in [0.2, 0.25) is 11.8 Å². The second kappa shape index (κ2) is 11.3. The molecular formula is C20H30N2O5. The molecule has 0 heterocycles. The fraction of sp³-hybridized carbons (Fsp3) is 0.550. The van der Waals surface area contributed by atoms with Crippen molar-refractivity contribution in [3.8, 4) is 0 Å². The SMILES string of the molecule is CC(C)CC(CC(=O)NO)C(=O)N[C@@H](Cc1ccccc1)C(=O)OC(C)C. The Balaban J connectivity index is 2.93. The zero-order chi connectivity index (χ0) is 20.4. The molecule has 0 spiro atoms. The number of carbonyl (C=O) groups is 3. The number of esters is 1. The van der Waals surface area contributed by atoms with Crippen LogP contribution in [0.15, 0.2) is 30.3 Å². The van der Waals surface area contributed by atoms with Crippen molar-refractivity contribution in [2.75, 3.05) is 0 Å². The summed E-state index contributed by atoms with van der Waals surface area (Å²) in [7, 11) is 0. The Morgan fingerprint density at radius 3 is 2.22 bits per heavy atom. The molecule has 0 bridgehead atoms. The van der Waals surface area contributed by atoms with Crippen LogP contribution in [0.3, 0.4) is 0 Å². The molecule has 0 aliphatic heterocycles. The standard InChI is InChI=1S/C20H30N2O5/c1-13(2)10-16(12-18(23)22-26)19(24)21-17(20(25)27-14(3)4)11-15-8-6-5-7-9-15/h5-9,13-14,16-17,26H,10-12H2,1-4H3,(H,21,24)(H,22,23)/t16?,17-/m0/s1. The van der Waals surface area contributed by atoms with Crippen LogP contribution in [0.5, 0.6) is 0 Å². The topological polar surface area (TPSA) is 105 Å². The van der Waals surface area contributed by atoms with Gasteiger partial charge in [-0.3, -0.25) is 14.8 Å². The third-order valence-electron chi connectivity index (χ3n) is 3.92. The first-order chi connectivity index (χ1) is 12.7. The molecule has 1 rings (SSSR count). The smallest absolute Gasteiger partial charge is 0.329 e. The number of hydroxylamine groups is 1. The van der Waals surface area contributed by atoms with Gasteiger partial charge in [-0.25, -0.2) is 10.3 Å². The number of hydrogen-bond acceptors (Lipinski definition) is 5. The van der Waals surface area contributed by atoms with Gasteiger partial charge in [0.15, 0.2) is 0 Å². The first kappa shape index (κ1) is 22.6. The zero-order valence-corrected chi connectivity index (χ0v) is 16.4. The lowest BCUT2D eigenvalue weighted by molar-refractivity contribution is -0.152. The Kier molecular flexibility index (Phi) is 9.50. The van der Waals surface area contributed by atoms with Gasteiger partial charge in [0.25, 0.3) is 0 Å². The van der Waals surface area contributed by atoms with Gasteiger partial charge in [-0.15, -0.1) is 0 Å². The third kappa shape index (κ3) is 8.68. The van der Waals surface area contributed by atoms with Crippen LogP contribution in [0.2, 0.25) is 0 Å². The van der Waals surface area contributed by atoms with E-state index >= 15 is 0 Å². The Morgan fingerprint density at radius 1 is 1.07 bits per heavy atom. The van der Waals surface area contributed by atoms with Crippen LogP contribution >= 0.6 is 0 Å². The van der Waals surface area contributed by atoms with Gasteiger partial charge in [-0.05, 0) is 31.7 Å². The van der Waals surface area contributed by atoms with Crippen molar-refractivity contribution in [1.29, 1.82) is 0 Å². The molecule has 7 nitrogen and oxygen atoms in total. The molecule has 0 aliphatic rings. The van der Waals surface area contributed by atoms with E-state index in [-0.39, 0.29) is 18.4 Å². The molecule has 1 aromatic carbocycles. The molecule has 1 unspecified atom stereocenters. The highest BCUT2D eigenvalue weighted by Gasteiger charge is 2.29. The summed E-state index contributed by atoms with van der Waals surface area (Å²) >= 11 is 0. The van der Waals surface area contributed by atoms with Crippen molar-refractivity contribution in [3.05, 3.63) is 35.9 Å². The number of carbonyl (C=O) groups excluding carboxylic acids is 3. The molecule has 0 saturated carbocycles. The van der Waals surface area contributed by atoms with E-state index in [1.165, 1.54) is 0 Å². The van der Waals surface area contributed by atoms with Gasteiger partial charge in [-0.2, -0.15) is 0 Å². The van der Waals surface area contributed by atoms with Crippen molar-refractivity contribution >= 4 is 17.8 Å². The van der Waals surface area contributed by atoms with Gasteiger partial charge in [0, 0.05) is 18.8 Å². The summed E-state index contributed by atoms with van der Waals surface area (Å²) in [5.74, 6) is -2.05. The largest absolute Gasteiger partial charge is 0.461 e. The summed E-state index contributed by atoms with van der Waals surface area (Å²) < 4.78 is 5.28. The van der Waals surface area contributed by atoms with Crippen LogP contribution < -0.4 is 10.8 Å². The number of ether oxygens (including phenoxy) is 1. The van der Waals surface area contributed by atoms with Gasteiger partial charge in [-0.1, -0.05) is 44.2 Å². The van der Waals surface area contributed by atoms with E-state index in [0.717, 1.165) is 5.56 Å². The summed E-state index contributed by atoms with van der Waals surface area (Å²) in [6.07, 6.45) is 0.284. The number of benzene rings is 1. The summed E-state index contributed by atoms with van der Waals surface area (Å²) in [5, 5.41) is 11.5. The highest BCUT2D eigenvalue weighted by Crippen LogP contribution is 2.17. The number of amides is 2. The second-order valence-corrected chi connectivity index (χ2v) is 7.30. The van der Waals surface area contributed by atoms with E-state index in [1.807, 2.05) is 44.2 Å². The minimum Gasteiger partial charge on any atom is -0.461 e. The summed E-state index contributed by atoms with van der Waals surface area (Å²) in [5.41, 5.74) is 2.44. The Morgan fingerprint density at radius 2 is 1.70 bits per heavy atom. The normalized spacial score (nSPS) is 13.1. The maximum atomic E-state index is 12.7. The molecule has 150 valence electrons. The van der Waals surface area contributed by atoms with Crippen LogP contribution in [0, 0.1) is 11.8 Å². The maximum Gasteiger partial charge on any atom is 0.329 e. The lowest BCUT2D eigenvalue weighted by Gasteiger charge is -2.23. The highest BCUT2D eigenvalue weighted by atomic mass is 16.5. The molecule has 0 radical (unpaired) electrons. The van der Waals surface area contributed by atoms with E-state index in [9.17, 15) is 14.4 Å². The quantitative estimate of drug-likeness (QED) is 0.329. The zero-order valence-electron chi connectivity index (χ0n) is 16.4. The van der Waals surface area contributed by atoms with Crippen LogP contribution in [0.25, 0.3) is 0 Å². The minimum absolute atomic E-state index is 0.155. The number of hydrogen-bond donors (Lipinski definition) is 3. The van der Waals surface area contributed by atoms with Crippen LogP contribution in [-0.4, -0.2) is 35.1 Å². The van der Waals surface area contributed by atoms with E-state index in [4.69, 9.17) is 9.94 Å². The lowest BCUT2D eigenvalue weighted by Crippen LogP contribution is -2.47. The molecule has 3 N–H and O–H groups in total. The second-order valence-electron chi connectivity index (χ2n) is 7.30. The van der Waals surface area contributed by atoms with Crippen LogP contribution in [0.4, 0.5) is 0 Å². The third-order valence-corrected chi connectivity index (χ3v) is 3.92. The molecule has 0 saturated heterocycles. The van der Waals surface area contributed by atoms with Crippen LogP contribution in [-0.2, 0) is 25.5 Å². The maximum absolute atomic E-state index is 12.7. The van der Waals surface area contributed by atoms with Gasteiger partial charge < -0.3 is 10.1 Å². The molecule has 0 fully saturated rings. The molecular weight excluding hydrogens is 348 g/mol. The highest BCUT2D eigenvalue weighted by molar-refractivity contribution is 5.89. The first-order valence-corrected chi connectivity index (χ1v) is 9.20. The van der Waals surface area contributed by atoms with E-state index in [0.29, 0.717) is 12.8 Å². The Bertz CT molecular complexity index is 616. The average molecular weight is 378 g/mol. The molecule has 2 amide bonds. The Hall–Kier alpha value is -2.41. The molecule has 0 aliphatic carbocycles. The van der Waals surface area contributed by atoms with Crippen molar-refractivity contribution in [3.63, 3.8) is 0 Å². The summed E-state index contributed by atoms with van der Waals surface area (Å²) in [6.45, 7) is 7.36. The first-order valence-electron chi connectivity index (χ1n) is 9.20. The predicted molar refractivity (Wildman–Crippen MR) is 101 cm³/mol. The van der Waals surface area contributed by atoms with Gasteiger partial charge in [0.05, 0.1) is 6.10 Å². The van der Waals surface area contributed by atoms with E-state index < -0.39 is 29.7 Å². The monoisotopic (exact) mass is 378 g/mol. The van der Waals surface area contributed by atoms with Crippen molar-refractivity contribution in [1.82, 2.24) is 10.8 Å². The number of nitrogens with one attached hydrogen (secondary N) is 2. The van der Waals surface area contributed by atoms with Crippen LogP contribution in [0.1, 0.15) is 46.1 Å². The van der Waals surface area contributed by atoms with Gasteiger partial charge in [0.1, 0.15) is 6.04 Å². The predicted octanol–water partition coefficient (Wildman–Crippen LogP) is 2.22. The molecule has 0 aromatic heterocycles. The fourth-order valence-electron chi connectivity index (χ4n) is 2.77. The molecule has 1 aromatic rings. The number of rotatable bonds is 10. The van der Waals surface area contributed by atoms with E-state index in [2.05, 4.69) is 5.32 Å². The average Bonchev–Trinajstić information content (AvgIpc) is 2.60. The van der Waals surface area contributed by atoms with Crippen molar-refractivity contribution in [2.45, 2.75) is 59.1 Å².